The van der Waals surface area contributed by atoms with Gasteiger partial charge >= 0.3 is 0 Å². The predicted molar refractivity (Wildman–Crippen MR) is 91.0 cm³/mol. The van der Waals surface area contributed by atoms with Gasteiger partial charge in [0.2, 0.25) is 6.10 Å². The molecule has 1 aliphatic heterocycles. The van der Waals surface area contributed by atoms with Crippen LogP contribution < -0.4 is 5.32 Å². The minimum absolute atomic E-state index is 0.0271. The highest BCUT2D eigenvalue weighted by Gasteiger charge is 2.29. The summed E-state index contributed by atoms with van der Waals surface area (Å²) in [7, 11) is 0. The summed E-state index contributed by atoms with van der Waals surface area (Å²) in [5, 5.41) is 4.09. The predicted octanol–water partition coefficient (Wildman–Crippen LogP) is 2.98. The Morgan fingerprint density at radius 1 is 1.13 bits per heavy atom. The SMILES string of the molecule is O=C(C(OC1=CC=C(Cl)CC1)c1ccccc1)N1CCNCC1. The van der Waals surface area contributed by atoms with Gasteiger partial charge in [0.25, 0.3) is 5.91 Å². The molecule has 23 heavy (non-hydrogen) atoms. The van der Waals surface area contributed by atoms with Crippen molar-refractivity contribution in [2.75, 3.05) is 26.2 Å². The van der Waals surface area contributed by atoms with Crippen LogP contribution in [0.2, 0.25) is 0 Å². The lowest BCUT2D eigenvalue weighted by Crippen LogP contribution is -2.48. The van der Waals surface area contributed by atoms with Gasteiger partial charge in [0.1, 0.15) is 0 Å². The second kappa shape index (κ2) is 7.66. The molecule has 1 fully saturated rings. The van der Waals surface area contributed by atoms with Crippen molar-refractivity contribution < 1.29 is 9.53 Å². The van der Waals surface area contributed by atoms with E-state index in [1.807, 2.05) is 47.4 Å². The van der Waals surface area contributed by atoms with E-state index in [4.69, 9.17) is 16.3 Å². The van der Waals surface area contributed by atoms with Crippen LogP contribution in [-0.2, 0) is 9.53 Å². The molecule has 0 saturated carbocycles. The number of allylic oxidation sites excluding steroid dienone is 4. The van der Waals surface area contributed by atoms with Crippen LogP contribution in [0, 0.1) is 0 Å². The first-order valence-electron chi connectivity index (χ1n) is 8.00. The van der Waals surface area contributed by atoms with Gasteiger partial charge < -0.3 is 15.0 Å². The molecule has 4 nitrogen and oxygen atoms in total. The minimum Gasteiger partial charge on any atom is -0.480 e. The van der Waals surface area contributed by atoms with Gasteiger partial charge in [-0.15, -0.1) is 0 Å². The number of halogens is 1. The van der Waals surface area contributed by atoms with Gasteiger partial charge in [0, 0.05) is 43.2 Å². The van der Waals surface area contributed by atoms with Gasteiger partial charge in [-0.3, -0.25) is 4.79 Å². The van der Waals surface area contributed by atoms with E-state index < -0.39 is 6.10 Å². The largest absolute Gasteiger partial charge is 0.480 e. The monoisotopic (exact) mass is 332 g/mol. The molecule has 122 valence electrons. The molecule has 0 bridgehead atoms. The summed E-state index contributed by atoms with van der Waals surface area (Å²) in [6, 6.07) is 9.69. The molecule has 5 heteroatoms. The maximum atomic E-state index is 12.9. The number of piperazine rings is 1. The zero-order chi connectivity index (χ0) is 16.1. The van der Waals surface area contributed by atoms with E-state index in [2.05, 4.69) is 5.32 Å². The fraction of sp³-hybridized carbons (Fsp3) is 0.389. The van der Waals surface area contributed by atoms with Crippen molar-refractivity contribution in [2.24, 2.45) is 0 Å². The lowest BCUT2D eigenvalue weighted by Gasteiger charge is -2.31. The molecule has 1 amide bonds. The van der Waals surface area contributed by atoms with Crippen LogP contribution in [0.3, 0.4) is 0 Å². The molecule has 1 aromatic carbocycles. The molecular formula is C18H21ClN2O2. The van der Waals surface area contributed by atoms with E-state index in [1.54, 1.807) is 0 Å². The van der Waals surface area contributed by atoms with Crippen LogP contribution in [-0.4, -0.2) is 37.0 Å². The van der Waals surface area contributed by atoms with E-state index >= 15 is 0 Å². The molecule has 1 unspecified atom stereocenters. The van der Waals surface area contributed by atoms with Gasteiger partial charge in [-0.05, 0) is 18.6 Å². The van der Waals surface area contributed by atoms with E-state index in [9.17, 15) is 4.79 Å². The highest BCUT2D eigenvalue weighted by Crippen LogP contribution is 2.29. The molecule has 1 N–H and O–H groups in total. The number of carbonyl (C=O) groups is 1. The third kappa shape index (κ3) is 4.15. The molecule has 1 aromatic rings. The van der Waals surface area contributed by atoms with E-state index in [-0.39, 0.29) is 5.91 Å². The van der Waals surface area contributed by atoms with Gasteiger partial charge in [-0.2, -0.15) is 0 Å². The molecule has 3 rings (SSSR count). The van der Waals surface area contributed by atoms with E-state index in [0.717, 1.165) is 55.4 Å². The average Bonchev–Trinajstić information content (AvgIpc) is 2.62. The first-order chi connectivity index (χ1) is 11.2. The van der Waals surface area contributed by atoms with E-state index in [0.29, 0.717) is 0 Å². The number of amides is 1. The summed E-state index contributed by atoms with van der Waals surface area (Å²) in [5.41, 5.74) is 0.887. The van der Waals surface area contributed by atoms with Crippen LogP contribution in [0.4, 0.5) is 0 Å². The highest BCUT2D eigenvalue weighted by molar-refractivity contribution is 6.29. The maximum absolute atomic E-state index is 12.9. The Hall–Kier alpha value is -1.78. The molecule has 0 aromatic heterocycles. The third-order valence-electron chi connectivity index (χ3n) is 4.08. The van der Waals surface area contributed by atoms with Gasteiger partial charge in [-0.1, -0.05) is 41.9 Å². The van der Waals surface area contributed by atoms with Crippen LogP contribution in [0.5, 0.6) is 0 Å². The Morgan fingerprint density at radius 2 is 1.87 bits per heavy atom. The maximum Gasteiger partial charge on any atom is 0.268 e. The quantitative estimate of drug-likeness (QED) is 0.921. The van der Waals surface area contributed by atoms with Gasteiger partial charge in [0.05, 0.1) is 5.76 Å². The standard InChI is InChI=1S/C18H21ClN2O2/c19-15-6-8-16(9-7-15)23-17(14-4-2-1-3-5-14)18(22)21-12-10-20-11-13-21/h1-6,8,17,20H,7,9-13H2. The second-order valence-electron chi connectivity index (χ2n) is 5.73. The average molecular weight is 333 g/mol. The first kappa shape index (κ1) is 16.1. The van der Waals surface area contributed by atoms with Crippen molar-refractivity contribution in [2.45, 2.75) is 18.9 Å². The van der Waals surface area contributed by atoms with Gasteiger partial charge in [-0.25, -0.2) is 0 Å². The molecule has 2 aliphatic rings. The summed E-state index contributed by atoms with van der Waals surface area (Å²) < 4.78 is 6.09. The van der Waals surface area contributed by atoms with Crippen molar-refractivity contribution in [1.29, 1.82) is 0 Å². The molecule has 1 atom stereocenters. The van der Waals surface area contributed by atoms with Crippen LogP contribution in [0.25, 0.3) is 0 Å². The van der Waals surface area contributed by atoms with Crippen molar-refractivity contribution in [3.63, 3.8) is 0 Å². The molecule has 0 spiro atoms. The zero-order valence-electron chi connectivity index (χ0n) is 13.0. The lowest BCUT2D eigenvalue weighted by molar-refractivity contribution is -0.142. The number of hydrogen-bond acceptors (Lipinski definition) is 3. The summed E-state index contributed by atoms with van der Waals surface area (Å²) in [5.74, 6) is 0.839. The smallest absolute Gasteiger partial charge is 0.268 e. The van der Waals surface area contributed by atoms with Crippen molar-refractivity contribution in [3.8, 4) is 0 Å². The Balaban J connectivity index is 1.80. The molecule has 0 radical (unpaired) electrons. The molecule has 1 aliphatic carbocycles. The third-order valence-corrected chi connectivity index (χ3v) is 4.40. The number of benzene rings is 1. The van der Waals surface area contributed by atoms with Crippen molar-refractivity contribution in [1.82, 2.24) is 10.2 Å². The number of ether oxygens (including phenoxy) is 1. The van der Waals surface area contributed by atoms with Crippen LogP contribution in [0.15, 0.2) is 53.3 Å². The van der Waals surface area contributed by atoms with Crippen LogP contribution >= 0.6 is 11.6 Å². The lowest BCUT2D eigenvalue weighted by atomic mass is 10.1. The number of hydrogen-bond donors (Lipinski definition) is 1. The highest BCUT2D eigenvalue weighted by atomic mass is 35.5. The van der Waals surface area contributed by atoms with Crippen molar-refractivity contribution in [3.05, 3.63) is 58.8 Å². The molecule has 1 heterocycles. The first-order valence-corrected chi connectivity index (χ1v) is 8.38. The Kier molecular flexibility index (Phi) is 5.36. The summed E-state index contributed by atoms with van der Waals surface area (Å²) >= 11 is 6.00. The van der Waals surface area contributed by atoms with Crippen molar-refractivity contribution >= 4 is 17.5 Å². The second-order valence-corrected chi connectivity index (χ2v) is 6.22. The fourth-order valence-corrected chi connectivity index (χ4v) is 2.94. The number of rotatable bonds is 4. The number of carbonyl (C=O) groups excluding carboxylic acids is 1. The number of nitrogens with one attached hydrogen (secondary N) is 1. The summed E-state index contributed by atoms with van der Waals surface area (Å²) in [4.78, 5) is 14.8. The fourth-order valence-electron chi connectivity index (χ4n) is 2.78. The zero-order valence-corrected chi connectivity index (χ0v) is 13.8. The number of nitrogens with zero attached hydrogens (tertiary/aromatic N) is 1. The Labute approximate surface area is 141 Å². The minimum atomic E-state index is -0.592. The Morgan fingerprint density at radius 3 is 2.52 bits per heavy atom. The van der Waals surface area contributed by atoms with Gasteiger partial charge in [0.15, 0.2) is 0 Å². The van der Waals surface area contributed by atoms with Crippen LogP contribution in [0.1, 0.15) is 24.5 Å². The molecule has 1 saturated heterocycles. The molecular weight excluding hydrogens is 312 g/mol. The normalized spacial score (nSPS) is 19.6. The topological polar surface area (TPSA) is 41.6 Å². The Bertz CT molecular complexity index is 607. The summed E-state index contributed by atoms with van der Waals surface area (Å²) in [6.45, 7) is 3.09. The summed E-state index contributed by atoms with van der Waals surface area (Å²) in [6.07, 6.45) is 4.61. The van der Waals surface area contributed by atoms with E-state index in [1.165, 1.54) is 0 Å².